The summed E-state index contributed by atoms with van der Waals surface area (Å²) < 4.78 is 37.4. The maximum Gasteiger partial charge on any atom is 0.416 e. The Labute approximate surface area is 111 Å². The molecule has 5 heteroatoms. The minimum atomic E-state index is -4.29. The molecule has 2 atom stereocenters. The second kappa shape index (κ2) is 5.51. The van der Waals surface area contributed by atoms with E-state index in [1.807, 2.05) is 0 Å². The second-order valence-corrected chi connectivity index (χ2v) is 5.21. The Kier molecular flexibility index (Phi) is 4.16. The highest BCUT2D eigenvalue weighted by atomic mass is 19.4. The lowest BCUT2D eigenvalue weighted by molar-refractivity contribution is -0.137. The molecular weight excluding hydrogens is 253 g/mol. The lowest BCUT2D eigenvalue weighted by atomic mass is 10.0. The van der Waals surface area contributed by atoms with Crippen LogP contribution >= 0.6 is 0 Å². The van der Waals surface area contributed by atoms with E-state index >= 15 is 0 Å². The van der Waals surface area contributed by atoms with Crippen molar-refractivity contribution >= 4 is 0 Å². The number of alkyl halides is 3. The van der Waals surface area contributed by atoms with Gasteiger partial charge in [0, 0.05) is 18.6 Å². The molecule has 106 valence electrons. The maximum atomic E-state index is 12.5. The van der Waals surface area contributed by atoms with Crippen LogP contribution in [-0.4, -0.2) is 24.0 Å². The van der Waals surface area contributed by atoms with E-state index in [0.29, 0.717) is 12.6 Å². The molecule has 2 unspecified atom stereocenters. The predicted molar refractivity (Wildman–Crippen MR) is 68.6 cm³/mol. The molecule has 0 amide bonds. The fraction of sp³-hybridized carbons (Fsp3) is 0.571. The first-order valence-electron chi connectivity index (χ1n) is 6.54. The maximum absolute atomic E-state index is 12.5. The molecule has 2 rings (SSSR count). The molecule has 2 N–H and O–H groups in total. The smallest absolute Gasteiger partial charge is 0.323 e. The Hall–Kier alpha value is -1.07. The van der Waals surface area contributed by atoms with E-state index in [4.69, 9.17) is 5.73 Å². The zero-order chi connectivity index (χ0) is 14.0. The van der Waals surface area contributed by atoms with E-state index < -0.39 is 11.7 Å². The van der Waals surface area contributed by atoms with Crippen LogP contribution in [0.3, 0.4) is 0 Å². The van der Waals surface area contributed by atoms with Crippen molar-refractivity contribution in [1.82, 2.24) is 4.90 Å². The van der Waals surface area contributed by atoms with Crippen molar-refractivity contribution in [3.8, 4) is 0 Å². The Bertz CT molecular complexity index is 414. The van der Waals surface area contributed by atoms with Gasteiger partial charge in [-0.25, -0.2) is 0 Å². The van der Waals surface area contributed by atoms with Gasteiger partial charge in [0.2, 0.25) is 0 Å². The summed E-state index contributed by atoms with van der Waals surface area (Å²) in [5, 5.41) is 0. The van der Waals surface area contributed by atoms with Crippen LogP contribution < -0.4 is 5.73 Å². The topological polar surface area (TPSA) is 29.3 Å². The quantitative estimate of drug-likeness (QED) is 0.915. The third kappa shape index (κ3) is 3.48. The van der Waals surface area contributed by atoms with E-state index in [1.54, 1.807) is 0 Å². The average Bonchev–Trinajstić information content (AvgIpc) is 2.74. The number of nitrogens with zero attached hydrogens (tertiary/aromatic N) is 1. The van der Waals surface area contributed by atoms with Crippen LogP contribution in [0.5, 0.6) is 0 Å². The highest BCUT2D eigenvalue weighted by molar-refractivity contribution is 5.26. The first kappa shape index (κ1) is 14.3. The van der Waals surface area contributed by atoms with E-state index in [1.165, 1.54) is 25.0 Å². The lowest BCUT2D eigenvalue weighted by Gasteiger charge is -2.25. The average molecular weight is 272 g/mol. The second-order valence-electron chi connectivity index (χ2n) is 5.21. The molecule has 1 aromatic carbocycles. The fourth-order valence-electron chi connectivity index (χ4n) is 2.54. The molecule has 2 nitrogen and oxygen atoms in total. The Morgan fingerprint density at radius 3 is 2.42 bits per heavy atom. The lowest BCUT2D eigenvalue weighted by Crippen LogP contribution is -2.34. The highest BCUT2D eigenvalue weighted by Crippen LogP contribution is 2.30. The molecule has 1 heterocycles. The van der Waals surface area contributed by atoms with Gasteiger partial charge >= 0.3 is 6.18 Å². The number of benzene rings is 1. The van der Waals surface area contributed by atoms with Crippen LogP contribution in [-0.2, 0) is 6.18 Å². The minimum absolute atomic E-state index is 0.233. The molecule has 0 aromatic heterocycles. The Morgan fingerprint density at radius 2 is 1.95 bits per heavy atom. The van der Waals surface area contributed by atoms with E-state index in [0.717, 1.165) is 24.2 Å². The van der Waals surface area contributed by atoms with E-state index in [-0.39, 0.29) is 6.04 Å². The summed E-state index contributed by atoms with van der Waals surface area (Å²) in [4.78, 5) is 2.29. The van der Waals surface area contributed by atoms with Gasteiger partial charge in [-0.2, -0.15) is 13.2 Å². The van der Waals surface area contributed by atoms with Crippen molar-refractivity contribution < 1.29 is 13.2 Å². The Morgan fingerprint density at radius 1 is 1.32 bits per heavy atom. The van der Waals surface area contributed by atoms with E-state index in [2.05, 4.69) is 11.8 Å². The molecule has 0 spiro atoms. The molecule has 0 aliphatic carbocycles. The number of likely N-dealkylation sites (tertiary alicyclic amines) is 1. The molecule has 0 bridgehead atoms. The third-order valence-electron chi connectivity index (χ3n) is 3.79. The van der Waals surface area contributed by atoms with Gasteiger partial charge in [-0.1, -0.05) is 12.1 Å². The number of hydrogen-bond donors (Lipinski definition) is 1. The van der Waals surface area contributed by atoms with Crippen LogP contribution in [0.15, 0.2) is 24.3 Å². The van der Waals surface area contributed by atoms with Crippen LogP contribution in [0.1, 0.15) is 36.9 Å². The minimum Gasteiger partial charge on any atom is -0.323 e. The van der Waals surface area contributed by atoms with Crippen LogP contribution in [0.25, 0.3) is 0 Å². The summed E-state index contributed by atoms with van der Waals surface area (Å²) >= 11 is 0. The zero-order valence-corrected chi connectivity index (χ0v) is 11.0. The van der Waals surface area contributed by atoms with Crippen molar-refractivity contribution in [2.24, 2.45) is 5.73 Å². The number of nitrogens with two attached hydrogens (primary N) is 1. The summed E-state index contributed by atoms with van der Waals surface area (Å²) in [7, 11) is 0. The predicted octanol–water partition coefficient (Wildman–Crippen LogP) is 3.19. The molecular formula is C14H19F3N2. The van der Waals surface area contributed by atoms with Gasteiger partial charge in [0.05, 0.1) is 5.56 Å². The number of rotatable bonds is 3. The first-order valence-corrected chi connectivity index (χ1v) is 6.54. The first-order chi connectivity index (χ1) is 8.88. The Balaban J connectivity index is 2.01. The van der Waals surface area contributed by atoms with Gasteiger partial charge in [-0.3, -0.25) is 4.90 Å². The SMILES string of the molecule is CC1CCCN1CC(N)c1ccc(C(F)(F)F)cc1. The summed E-state index contributed by atoms with van der Waals surface area (Å²) in [6.07, 6.45) is -1.95. The molecule has 19 heavy (non-hydrogen) atoms. The largest absolute Gasteiger partial charge is 0.416 e. The van der Waals surface area contributed by atoms with Crippen molar-refractivity contribution in [3.05, 3.63) is 35.4 Å². The molecule has 0 saturated carbocycles. The van der Waals surface area contributed by atoms with Crippen LogP contribution in [0.2, 0.25) is 0 Å². The third-order valence-corrected chi connectivity index (χ3v) is 3.79. The van der Waals surface area contributed by atoms with Crippen molar-refractivity contribution in [3.63, 3.8) is 0 Å². The highest BCUT2D eigenvalue weighted by Gasteiger charge is 2.30. The molecule has 1 saturated heterocycles. The van der Waals surface area contributed by atoms with Crippen molar-refractivity contribution in [2.75, 3.05) is 13.1 Å². The molecule has 1 aromatic rings. The number of halogens is 3. The van der Waals surface area contributed by atoms with Gasteiger partial charge in [-0.15, -0.1) is 0 Å². The molecule has 1 aliphatic rings. The zero-order valence-electron chi connectivity index (χ0n) is 11.0. The molecule has 1 fully saturated rings. The van der Waals surface area contributed by atoms with Gasteiger partial charge in [0.15, 0.2) is 0 Å². The van der Waals surface area contributed by atoms with Gasteiger partial charge in [0.1, 0.15) is 0 Å². The molecule has 1 aliphatic heterocycles. The summed E-state index contributed by atoms with van der Waals surface area (Å²) in [5.41, 5.74) is 6.20. The summed E-state index contributed by atoms with van der Waals surface area (Å²) in [5.74, 6) is 0. The van der Waals surface area contributed by atoms with Crippen LogP contribution in [0, 0.1) is 0 Å². The normalized spacial score (nSPS) is 22.7. The fourth-order valence-corrected chi connectivity index (χ4v) is 2.54. The van der Waals surface area contributed by atoms with E-state index in [9.17, 15) is 13.2 Å². The van der Waals surface area contributed by atoms with Crippen molar-refractivity contribution in [2.45, 2.75) is 38.0 Å². The van der Waals surface area contributed by atoms with Gasteiger partial charge < -0.3 is 5.73 Å². The van der Waals surface area contributed by atoms with Crippen LogP contribution in [0.4, 0.5) is 13.2 Å². The van der Waals surface area contributed by atoms with Gasteiger partial charge in [0.25, 0.3) is 0 Å². The van der Waals surface area contributed by atoms with Gasteiger partial charge in [-0.05, 0) is 44.0 Å². The monoisotopic (exact) mass is 272 g/mol. The summed E-state index contributed by atoms with van der Waals surface area (Å²) in [6, 6.07) is 5.44. The number of hydrogen-bond acceptors (Lipinski definition) is 2. The summed E-state index contributed by atoms with van der Waals surface area (Å²) in [6.45, 7) is 3.88. The standard InChI is InChI=1S/C14H19F3N2/c1-10-3-2-8-19(10)9-13(18)11-4-6-12(7-5-11)14(15,16)17/h4-7,10,13H,2-3,8-9,18H2,1H3. The molecule has 0 radical (unpaired) electrons. The van der Waals surface area contributed by atoms with Crippen molar-refractivity contribution in [1.29, 1.82) is 0 Å².